The van der Waals surface area contributed by atoms with Crippen LogP contribution in [0.1, 0.15) is 16.3 Å². The van der Waals surface area contributed by atoms with Gasteiger partial charge in [-0.2, -0.15) is 4.99 Å². The Bertz CT molecular complexity index is 840. The first-order chi connectivity index (χ1) is 9.73. The van der Waals surface area contributed by atoms with Crippen LogP contribution in [-0.2, 0) is 17.1 Å². The first-order valence-electron chi connectivity index (χ1n) is 5.95. The summed E-state index contributed by atoms with van der Waals surface area (Å²) in [6.07, 6.45) is 1.77. The summed E-state index contributed by atoms with van der Waals surface area (Å²) >= 11 is 1.30. The van der Waals surface area contributed by atoms with Gasteiger partial charge in [0.05, 0.1) is 0 Å². The molecule has 1 amide bonds. The summed E-state index contributed by atoms with van der Waals surface area (Å²) in [6.45, 7) is 1.50. The van der Waals surface area contributed by atoms with Crippen LogP contribution in [0.3, 0.4) is 0 Å². The van der Waals surface area contributed by atoms with Crippen molar-refractivity contribution in [3.05, 3.63) is 34.0 Å². The molecule has 0 spiro atoms. The van der Waals surface area contributed by atoms with Crippen molar-refractivity contribution in [1.82, 2.24) is 8.87 Å². The average Bonchev–Trinajstić information content (AvgIpc) is 2.96. The third-order valence-corrected chi connectivity index (χ3v) is 5.57. The largest absolute Gasteiger partial charge is 0.455 e. The number of carbonyl (C=O) groups excluding carboxylic acids is 1. The van der Waals surface area contributed by atoms with Crippen molar-refractivity contribution in [3.63, 3.8) is 0 Å². The van der Waals surface area contributed by atoms with Crippen molar-refractivity contribution >= 4 is 27.3 Å². The Kier molecular flexibility index (Phi) is 4.17. The molecule has 0 saturated carbocycles. The first kappa shape index (κ1) is 15.7. The van der Waals surface area contributed by atoms with Gasteiger partial charge in [0.15, 0.2) is 10.6 Å². The van der Waals surface area contributed by atoms with Crippen molar-refractivity contribution in [3.8, 4) is 0 Å². The molecule has 114 valence electrons. The van der Waals surface area contributed by atoms with Crippen LogP contribution in [0, 0.1) is 6.92 Å². The minimum atomic E-state index is -3.65. The van der Waals surface area contributed by atoms with E-state index in [4.69, 9.17) is 4.42 Å². The van der Waals surface area contributed by atoms with E-state index in [9.17, 15) is 13.2 Å². The Morgan fingerprint density at radius 2 is 2.10 bits per heavy atom. The average molecular weight is 329 g/mol. The number of carbonyl (C=O) groups is 1. The number of nitrogens with zero attached hydrogens (tertiary/aromatic N) is 3. The Labute approximate surface area is 126 Å². The number of rotatable bonds is 3. The number of hydrogen-bond acceptors (Lipinski definition) is 5. The van der Waals surface area contributed by atoms with Crippen LogP contribution in [0.25, 0.3) is 0 Å². The second-order valence-corrected chi connectivity index (χ2v) is 7.53. The van der Waals surface area contributed by atoms with Gasteiger partial charge < -0.3 is 8.98 Å². The molecule has 9 heteroatoms. The molecule has 0 saturated heterocycles. The lowest BCUT2D eigenvalue weighted by Gasteiger charge is -2.09. The van der Waals surface area contributed by atoms with E-state index in [0.717, 1.165) is 4.31 Å². The third kappa shape index (κ3) is 2.99. The fourth-order valence-corrected chi connectivity index (χ4v) is 3.38. The van der Waals surface area contributed by atoms with Gasteiger partial charge in [-0.3, -0.25) is 4.79 Å². The minimum absolute atomic E-state index is 0.0263. The summed E-state index contributed by atoms with van der Waals surface area (Å²) in [4.78, 5) is 16.4. The second kappa shape index (κ2) is 5.58. The summed E-state index contributed by atoms with van der Waals surface area (Å²) in [7, 11) is 0.946. The molecule has 0 N–H and O–H groups in total. The Morgan fingerprint density at radius 1 is 1.43 bits per heavy atom. The van der Waals surface area contributed by atoms with E-state index in [2.05, 4.69) is 4.99 Å². The van der Waals surface area contributed by atoms with Gasteiger partial charge in [-0.15, -0.1) is 11.3 Å². The lowest BCUT2D eigenvalue weighted by Crippen LogP contribution is -2.22. The van der Waals surface area contributed by atoms with Crippen molar-refractivity contribution < 1.29 is 17.6 Å². The molecule has 0 bridgehead atoms. The van der Waals surface area contributed by atoms with E-state index in [0.29, 0.717) is 4.80 Å². The summed E-state index contributed by atoms with van der Waals surface area (Å²) in [5, 5.41) is 1.79. The number of amides is 1. The van der Waals surface area contributed by atoms with Crippen molar-refractivity contribution in [2.75, 3.05) is 14.1 Å². The lowest BCUT2D eigenvalue weighted by atomic mass is 10.4. The molecule has 2 rings (SSSR count). The Balaban J connectivity index is 2.45. The monoisotopic (exact) mass is 329 g/mol. The Hall–Kier alpha value is -1.71. The smallest absolute Gasteiger partial charge is 0.315 e. The molecule has 0 fully saturated rings. The topological polar surface area (TPSA) is 84.9 Å². The molecule has 0 aliphatic carbocycles. The Morgan fingerprint density at radius 3 is 2.62 bits per heavy atom. The van der Waals surface area contributed by atoms with Crippen LogP contribution in [0.5, 0.6) is 0 Å². The van der Waals surface area contributed by atoms with Gasteiger partial charge in [-0.25, -0.2) is 12.7 Å². The second-order valence-electron chi connectivity index (χ2n) is 4.53. The molecule has 7 nitrogen and oxygen atoms in total. The maximum Gasteiger partial charge on any atom is 0.315 e. The van der Waals surface area contributed by atoms with Gasteiger partial charge in [0.25, 0.3) is 0 Å². The van der Waals surface area contributed by atoms with Gasteiger partial charge >= 0.3 is 5.91 Å². The predicted octanol–water partition coefficient (Wildman–Crippen LogP) is 0.979. The maximum atomic E-state index is 12.1. The molecule has 0 radical (unpaired) electrons. The van der Waals surface area contributed by atoms with Gasteiger partial charge in [0.2, 0.25) is 10.0 Å². The van der Waals surface area contributed by atoms with Crippen LogP contribution < -0.4 is 4.80 Å². The highest BCUT2D eigenvalue weighted by atomic mass is 32.2. The van der Waals surface area contributed by atoms with Crippen molar-refractivity contribution in [2.24, 2.45) is 12.0 Å². The number of aromatic nitrogens is 1. The quantitative estimate of drug-likeness (QED) is 0.840. The fourth-order valence-electron chi connectivity index (χ4n) is 1.60. The molecule has 0 unspecified atom stereocenters. The molecule has 2 heterocycles. The number of aryl methyl sites for hydroxylation is 2. The lowest BCUT2D eigenvalue weighted by molar-refractivity contribution is 0.0970. The number of thiazole rings is 1. The summed E-state index contributed by atoms with van der Waals surface area (Å²) in [5.41, 5.74) is 0. The molecule has 21 heavy (non-hydrogen) atoms. The number of furan rings is 1. The summed E-state index contributed by atoms with van der Waals surface area (Å²) in [6, 6.07) is 1.21. The van der Waals surface area contributed by atoms with Crippen molar-refractivity contribution in [2.45, 2.75) is 11.8 Å². The van der Waals surface area contributed by atoms with Crippen LogP contribution in [-0.4, -0.2) is 37.3 Å². The zero-order chi connectivity index (χ0) is 15.8. The molecule has 0 aliphatic rings. The van der Waals surface area contributed by atoms with E-state index in [-0.39, 0.29) is 16.4 Å². The molecule has 0 aromatic carbocycles. The molecular weight excluding hydrogens is 314 g/mol. The zero-order valence-corrected chi connectivity index (χ0v) is 13.7. The van der Waals surface area contributed by atoms with Crippen LogP contribution in [0.4, 0.5) is 0 Å². The molecule has 0 atom stereocenters. The normalized spacial score (nSPS) is 13.1. The van der Waals surface area contributed by atoms with Gasteiger partial charge in [0.1, 0.15) is 10.7 Å². The first-order valence-corrected chi connectivity index (χ1v) is 8.27. The SMILES string of the molecule is Cc1oc(C(=O)N=c2sccn2C)cc1S(=O)(=O)N(C)C. The van der Waals surface area contributed by atoms with Gasteiger partial charge in [0, 0.05) is 38.8 Å². The zero-order valence-electron chi connectivity index (χ0n) is 12.0. The van der Waals surface area contributed by atoms with E-state index < -0.39 is 15.9 Å². The molecule has 2 aromatic heterocycles. The maximum absolute atomic E-state index is 12.1. The van der Waals surface area contributed by atoms with E-state index in [1.54, 1.807) is 23.2 Å². The highest BCUT2D eigenvalue weighted by molar-refractivity contribution is 7.89. The van der Waals surface area contributed by atoms with Crippen molar-refractivity contribution in [1.29, 1.82) is 0 Å². The number of hydrogen-bond donors (Lipinski definition) is 0. The van der Waals surface area contributed by atoms with E-state index in [1.165, 1.54) is 38.4 Å². The van der Waals surface area contributed by atoms with Crippen LogP contribution in [0.15, 0.2) is 31.9 Å². The molecule has 0 aliphatic heterocycles. The van der Waals surface area contributed by atoms with E-state index >= 15 is 0 Å². The number of sulfonamides is 1. The highest BCUT2D eigenvalue weighted by Gasteiger charge is 2.25. The van der Waals surface area contributed by atoms with E-state index in [1.807, 2.05) is 0 Å². The standard InChI is InChI=1S/C12H15N3O4S2/c1-8-10(21(17,18)14(2)3)7-9(19-8)11(16)13-12-15(4)5-6-20-12/h5-7H,1-4H3. The summed E-state index contributed by atoms with van der Waals surface area (Å²) < 4.78 is 32.2. The summed E-state index contributed by atoms with van der Waals surface area (Å²) in [5.74, 6) is -0.546. The van der Waals surface area contributed by atoms with Gasteiger partial charge in [-0.05, 0) is 6.92 Å². The van der Waals surface area contributed by atoms with Gasteiger partial charge in [-0.1, -0.05) is 0 Å². The predicted molar refractivity (Wildman–Crippen MR) is 77.5 cm³/mol. The highest BCUT2D eigenvalue weighted by Crippen LogP contribution is 2.22. The molecule has 2 aromatic rings. The van der Waals surface area contributed by atoms with Crippen LogP contribution >= 0.6 is 11.3 Å². The molecular formula is C12H15N3O4S2. The minimum Gasteiger partial charge on any atom is -0.455 e. The third-order valence-electron chi connectivity index (χ3n) is 2.80. The van der Waals surface area contributed by atoms with Crippen LogP contribution in [0.2, 0.25) is 0 Å². The fraction of sp³-hybridized carbons (Fsp3) is 0.333.